The third-order valence-electron chi connectivity index (χ3n) is 2.19. The van der Waals surface area contributed by atoms with Crippen molar-refractivity contribution in [2.45, 2.75) is 19.9 Å². The van der Waals surface area contributed by atoms with Crippen LogP contribution < -0.4 is 5.32 Å². The Morgan fingerprint density at radius 1 is 1.29 bits per heavy atom. The highest BCUT2D eigenvalue weighted by Crippen LogP contribution is 2.25. The Hall–Kier alpha value is 0.01000. The smallest absolute Gasteiger partial charge is 0.0637 e. The summed E-state index contributed by atoms with van der Waals surface area (Å²) in [7, 11) is 0. The fourth-order valence-electron chi connectivity index (χ4n) is 1.35. The number of ether oxygens (including phenoxy) is 1. The molecular weight excluding hydrogens is 280 g/mol. The van der Waals surface area contributed by atoms with Gasteiger partial charge in [-0.2, -0.15) is 0 Å². The van der Waals surface area contributed by atoms with Gasteiger partial charge in [0.2, 0.25) is 0 Å². The molecule has 0 aliphatic rings. The SMILES string of the molecule is CCOCCCNCc1cccc(Cl)c1Cl.Cl. The lowest BCUT2D eigenvalue weighted by Crippen LogP contribution is -2.16. The van der Waals surface area contributed by atoms with Gasteiger partial charge in [0, 0.05) is 19.8 Å². The Bertz CT molecular complexity index is 321. The van der Waals surface area contributed by atoms with Crippen LogP contribution in [0.1, 0.15) is 18.9 Å². The average molecular weight is 299 g/mol. The van der Waals surface area contributed by atoms with Crippen molar-refractivity contribution in [2.24, 2.45) is 0 Å². The lowest BCUT2D eigenvalue weighted by Gasteiger charge is -2.07. The highest BCUT2D eigenvalue weighted by Gasteiger charge is 2.02. The molecule has 0 amide bonds. The zero-order valence-corrected chi connectivity index (χ0v) is 12.2. The number of hydrogen-bond donors (Lipinski definition) is 1. The zero-order valence-electron chi connectivity index (χ0n) is 9.84. The van der Waals surface area contributed by atoms with Crippen LogP contribution in [-0.2, 0) is 11.3 Å². The average Bonchev–Trinajstić information content (AvgIpc) is 2.29. The van der Waals surface area contributed by atoms with Crippen molar-refractivity contribution in [1.82, 2.24) is 5.32 Å². The van der Waals surface area contributed by atoms with Crippen LogP contribution >= 0.6 is 35.6 Å². The second-order valence-corrected chi connectivity index (χ2v) is 4.23. The highest BCUT2D eigenvalue weighted by molar-refractivity contribution is 6.42. The first-order valence-corrected chi connectivity index (χ1v) is 6.22. The van der Waals surface area contributed by atoms with Crippen molar-refractivity contribution in [3.8, 4) is 0 Å². The molecule has 0 heterocycles. The van der Waals surface area contributed by atoms with Crippen molar-refractivity contribution in [1.29, 1.82) is 0 Å². The van der Waals surface area contributed by atoms with Gasteiger partial charge in [0.05, 0.1) is 10.0 Å². The molecule has 2 nitrogen and oxygen atoms in total. The Morgan fingerprint density at radius 3 is 2.76 bits per heavy atom. The summed E-state index contributed by atoms with van der Waals surface area (Å²) in [6.45, 7) is 5.24. The second kappa shape index (κ2) is 9.98. The van der Waals surface area contributed by atoms with E-state index in [4.69, 9.17) is 27.9 Å². The van der Waals surface area contributed by atoms with Gasteiger partial charge in [0.1, 0.15) is 0 Å². The maximum atomic E-state index is 6.06. The largest absolute Gasteiger partial charge is 0.382 e. The summed E-state index contributed by atoms with van der Waals surface area (Å²) in [4.78, 5) is 0. The van der Waals surface area contributed by atoms with E-state index >= 15 is 0 Å². The van der Waals surface area contributed by atoms with E-state index in [0.717, 1.165) is 38.3 Å². The normalized spacial score (nSPS) is 10.1. The Kier molecular flexibility index (Phi) is 9.99. The number of nitrogens with one attached hydrogen (secondary N) is 1. The molecule has 1 aromatic carbocycles. The minimum Gasteiger partial charge on any atom is -0.382 e. The van der Waals surface area contributed by atoms with Gasteiger partial charge < -0.3 is 10.1 Å². The maximum Gasteiger partial charge on any atom is 0.0637 e. The fourth-order valence-corrected chi connectivity index (χ4v) is 1.74. The van der Waals surface area contributed by atoms with E-state index in [1.807, 2.05) is 19.1 Å². The molecule has 0 radical (unpaired) electrons. The molecule has 0 aliphatic carbocycles. The number of rotatable bonds is 7. The highest BCUT2D eigenvalue weighted by atomic mass is 35.5. The van der Waals surface area contributed by atoms with Gasteiger partial charge in [-0.1, -0.05) is 35.3 Å². The molecule has 98 valence electrons. The lowest BCUT2D eigenvalue weighted by atomic mass is 10.2. The Labute approximate surface area is 119 Å². The molecule has 0 unspecified atom stereocenters. The minimum atomic E-state index is 0. The van der Waals surface area contributed by atoms with E-state index in [9.17, 15) is 0 Å². The molecule has 0 atom stereocenters. The molecule has 1 rings (SSSR count). The third-order valence-corrected chi connectivity index (χ3v) is 3.05. The van der Waals surface area contributed by atoms with Crippen molar-refractivity contribution < 1.29 is 4.74 Å². The number of halogens is 3. The van der Waals surface area contributed by atoms with Crippen LogP contribution in [0.2, 0.25) is 10.0 Å². The molecule has 5 heteroatoms. The van der Waals surface area contributed by atoms with Crippen molar-refractivity contribution in [3.05, 3.63) is 33.8 Å². The van der Waals surface area contributed by atoms with E-state index in [2.05, 4.69) is 5.32 Å². The number of hydrogen-bond acceptors (Lipinski definition) is 2. The standard InChI is InChI=1S/C12H17Cl2NO.ClH/c1-2-16-8-4-7-15-9-10-5-3-6-11(13)12(10)14;/h3,5-6,15H,2,4,7-9H2,1H3;1H. The fraction of sp³-hybridized carbons (Fsp3) is 0.500. The summed E-state index contributed by atoms with van der Waals surface area (Å²) in [5.74, 6) is 0. The molecule has 0 aliphatic heterocycles. The van der Waals surface area contributed by atoms with Crippen LogP contribution in [0, 0.1) is 0 Å². The molecule has 0 saturated carbocycles. The van der Waals surface area contributed by atoms with Crippen LogP contribution in [0.5, 0.6) is 0 Å². The Balaban J connectivity index is 0.00000256. The zero-order chi connectivity index (χ0) is 11.8. The molecule has 0 spiro atoms. The van der Waals surface area contributed by atoms with Crippen LogP contribution in [-0.4, -0.2) is 19.8 Å². The van der Waals surface area contributed by atoms with Gasteiger partial charge in [0.15, 0.2) is 0 Å². The van der Waals surface area contributed by atoms with E-state index in [0.29, 0.717) is 10.0 Å². The first kappa shape index (κ1) is 17.0. The quantitative estimate of drug-likeness (QED) is 0.770. The molecule has 1 aromatic rings. The van der Waals surface area contributed by atoms with Gasteiger partial charge in [-0.05, 0) is 31.5 Å². The minimum absolute atomic E-state index is 0. The van der Waals surface area contributed by atoms with E-state index in [1.54, 1.807) is 6.07 Å². The van der Waals surface area contributed by atoms with Gasteiger partial charge >= 0.3 is 0 Å². The van der Waals surface area contributed by atoms with Gasteiger partial charge in [-0.3, -0.25) is 0 Å². The molecule has 17 heavy (non-hydrogen) atoms. The van der Waals surface area contributed by atoms with Gasteiger partial charge in [-0.25, -0.2) is 0 Å². The van der Waals surface area contributed by atoms with Crippen LogP contribution in [0.25, 0.3) is 0 Å². The summed E-state index contributed by atoms with van der Waals surface area (Å²) in [6, 6.07) is 5.68. The molecule has 1 N–H and O–H groups in total. The predicted molar refractivity (Wildman–Crippen MR) is 76.5 cm³/mol. The van der Waals surface area contributed by atoms with Crippen LogP contribution in [0.4, 0.5) is 0 Å². The first-order chi connectivity index (χ1) is 7.75. The van der Waals surface area contributed by atoms with Gasteiger partial charge in [0.25, 0.3) is 0 Å². The summed E-state index contributed by atoms with van der Waals surface area (Å²) < 4.78 is 5.24. The molecular formula is C12H18Cl3NO. The predicted octanol–water partition coefficient (Wildman–Crippen LogP) is 3.93. The summed E-state index contributed by atoms with van der Waals surface area (Å²) in [6.07, 6.45) is 1.01. The summed E-state index contributed by atoms with van der Waals surface area (Å²) in [5.41, 5.74) is 1.03. The van der Waals surface area contributed by atoms with Crippen molar-refractivity contribution >= 4 is 35.6 Å². The summed E-state index contributed by atoms with van der Waals surface area (Å²) in [5, 5.41) is 4.55. The molecule has 0 aromatic heterocycles. The molecule has 0 fully saturated rings. The molecule has 0 bridgehead atoms. The molecule has 0 saturated heterocycles. The Morgan fingerprint density at radius 2 is 2.06 bits per heavy atom. The number of benzene rings is 1. The summed E-state index contributed by atoms with van der Waals surface area (Å²) >= 11 is 12.0. The van der Waals surface area contributed by atoms with Crippen LogP contribution in [0.15, 0.2) is 18.2 Å². The monoisotopic (exact) mass is 297 g/mol. The van der Waals surface area contributed by atoms with Crippen LogP contribution in [0.3, 0.4) is 0 Å². The van der Waals surface area contributed by atoms with E-state index in [-0.39, 0.29) is 12.4 Å². The third kappa shape index (κ3) is 6.49. The van der Waals surface area contributed by atoms with Crippen molar-refractivity contribution in [3.63, 3.8) is 0 Å². The maximum absolute atomic E-state index is 6.06. The van der Waals surface area contributed by atoms with Crippen molar-refractivity contribution in [2.75, 3.05) is 19.8 Å². The topological polar surface area (TPSA) is 21.3 Å². The van der Waals surface area contributed by atoms with Gasteiger partial charge in [-0.15, -0.1) is 12.4 Å². The second-order valence-electron chi connectivity index (χ2n) is 3.44. The van der Waals surface area contributed by atoms with E-state index < -0.39 is 0 Å². The van der Waals surface area contributed by atoms with E-state index in [1.165, 1.54) is 0 Å². The first-order valence-electron chi connectivity index (χ1n) is 5.47. The lowest BCUT2D eigenvalue weighted by molar-refractivity contribution is 0.144.